The number of methoxy groups -OCH3 is 1. The Kier molecular flexibility index (Phi) is 7.72. The highest BCUT2D eigenvalue weighted by atomic mass is 16.7. The Hall–Kier alpha value is -1.20. The van der Waals surface area contributed by atoms with Gasteiger partial charge in [0.25, 0.3) is 0 Å². The summed E-state index contributed by atoms with van der Waals surface area (Å²) < 4.78 is 16.7. The number of fused-ring (bicyclic) bond motifs is 1. The first-order valence-corrected chi connectivity index (χ1v) is 11.0. The normalized spacial score (nSPS) is 29.2. The van der Waals surface area contributed by atoms with E-state index >= 15 is 0 Å². The van der Waals surface area contributed by atoms with Crippen molar-refractivity contribution in [2.75, 3.05) is 13.9 Å². The van der Waals surface area contributed by atoms with E-state index in [0.717, 1.165) is 37.7 Å². The van der Waals surface area contributed by atoms with Crippen LogP contribution in [-0.2, 0) is 23.8 Å². The molecule has 0 aliphatic heterocycles. The third-order valence-electron chi connectivity index (χ3n) is 6.51. The summed E-state index contributed by atoms with van der Waals surface area (Å²) in [5, 5.41) is 0. The van der Waals surface area contributed by atoms with Crippen LogP contribution in [0, 0.1) is 16.7 Å². The van der Waals surface area contributed by atoms with Gasteiger partial charge in [-0.3, -0.25) is 9.59 Å². The Balaban J connectivity index is 2.13. The van der Waals surface area contributed by atoms with Crippen molar-refractivity contribution >= 4 is 11.8 Å². The maximum Gasteiger partial charge on any atom is 0.311 e. The molecule has 0 unspecified atom stereocenters. The molecule has 0 aromatic heterocycles. The van der Waals surface area contributed by atoms with Gasteiger partial charge < -0.3 is 14.2 Å². The Morgan fingerprint density at radius 2 is 1.93 bits per heavy atom. The lowest BCUT2D eigenvalue weighted by Crippen LogP contribution is -2.34. The van der Waals surface area contributed by atoms with Gasteiger partial charge >= 0.3 is 5.97 Å². The minimum absolute atomic E-state index is 0.0262. The van der Waals surface area contributed by atoms with Crippen LogP contribution in [0.5, 0.6) is 0 Å². The van der Waals surface area contributed by atoms with Gasteiger partial charge in [-0.15, -0.1) is 0 Å². The number of esters is 1. The molecule has 0 saturated heterocycles. The lowest BCUT2D eigenvalue weighted by atomic mass is 9.67. The number of carbonyl (C=O) groups is 2. The fourth-order valence-corrected chi connectivity index (χ4v) is 4.64. The second kappa shape index (κ2) is 9.30. The molecule has 2 rings (SSSR count). The summed E-state index contributed by atoms with van der Waals surface area (Å²) in [4.78, 5) is 25.2. The number of unbranched alkanes of at least 4 members (excludes halogenated alkanes) is 1. The van der Waals surface area contributed by atoms with Gasteiger partial charge in [0, 0.05) is 24.9 Å². The lowest BCUT2D eigenvalue weighted by molar-refractivity contribution is -0.157. The molecule has 0 amide bonds. The average Bonchev–Trinajstić information content (AvgIpc) is 2.89. The van der Waals surface area contributed by atoms with Crippen LogP contribution in [0.3, 0.4) is 0 Å². The Morgan fingerprint density at radius 1 is 1.24 bits per heavy atom. The van der Waals surface area contributed by atoms with Crippen molar-refractivity contribution in [2.45, 2.75) is 98.2 Å². The van der Waals surface area contributed by atoms with Crippen molar-refractivity contribution in [1.82, 2.24) is 0 Å². The number of carbonyl (C=O) groups excluding carboxylic acids is 2. The quantitative estimate of drug-likeness (QED) is 0.238. The zero-order chi connectivity index (χ0) is 21.9. The van der Waals surface area contributed by atoms with E-state index < -0.39 is 5.41 Å². The van der Waals surface area contributed by atoms with E-state index in [1.54, 1.807) is 7.11 Å². The molecule has 0 bridgehead atoms. The first-order valence-electron chi connectivity index (χ1n) is 11.0. The molecule has 0 spiro atoms. The van der Waals surface area contributed by atoms with E-state index in [2.05, 4.69) is 26.8 Å². The molecule has 5 heteroatoms. The summed E-state index contributed by atoms with van der Waals surface area (Å²) in [5.74, 6) is 0.104. The van der Waals surface area contributed by atoms with Gasteiger partial charge in [0.2, 0.25) is 0 Å². The topological polar surface area (TPSA) is 61.8 Å². The monoisotopic (exact) mass is 408 g/mol. The number of hydrogen-bond donors (Lipinski definition) is 0. The third-order valence-corrected chi connectivity index (χ3v) is 6.51. The lowest BCUT2D eigenvalue weighted by Gasteiger charge is -2.36. The fourth-order valence-electron chi connectivity index (χ4n) is 4.64. The minimum Gasteiger partial charge on any atom is -0.457 e. The first-order chi connectivity index (χ1) is 13.4. The second-order valence-electron chi connectivity index (χ2n) is 10.5. The molecular weight excluding hydrogens is 368 g/mol. The van der Waals surface area contributed by atoms with E-state index in [1.807, 2.05) is 20.8 Å². The molecule has 5 nitrogen and oxygen atoms in total. The van der Waals surface area contributed by atoms with Crippen molar-refractivity contribution in [1.29, 1.82) is 0 Å². The smallest absolute Gasteiger partial charge is 0.311 e. The van der Waals surface area contributed by atoms with E-state index in [9.17, 15) is 9.59 Å². The largest absolute Gasteiger partial charge is 0.457 e. The molecule has 0 radical (unpaired) electrons. The van der Waals surface area contributed by atoms with Gasteiger partial charge in [-0.25, -0.2) is 0 Å². The van der Waals surface area contributed by atoms with Crippen LogP contribution in [-0.4, -0.2) is 37.4 Å². The van der Waals surface area contributed by atoms with E-state index in [1.165, 1.54) is 0 Å². The van der Waals surface area contributed by atoms with Crippen LogP contribution in [0.4, 0.5) is 0 Å². The number of allylic oxidation sites excluding steroid dienone is 1. The highest BCUT2D eigenvalue weighted by molar-refractivity contribution is 5.84. The van der Waals surface area contributed by atoms with Crippen molar-refractivity contribution in [3.05, 3.63) is 11.6 Å². The van der Waals surface area contributed by atoms with Crippen molar-refractivity contribution < 1.29 is 23.8 Å². The molecule has 2 aliphatic rings. The van der Waals surface area contributed by atoms with Gasteiger partial charge in [0.1, 0.15) is 18.7 Å². The van der Waals surface area contributed by atoms with Crippen LogP contribution in [0.15, 0.2) is 11.6 Å². The van der Waals surface area contributed by atoms with E-state index in [-0.39, 0.29) is 29.0 Å². The SMILES string of the molecule is COCOC(C)(C)CCC/C=C1\[C@H](OC(=O)C(C)(C)C)C[C@H]2C(=O)CCC[C@]12C. The summed E-state index contributed by atoms with van der Waals surface area (Å²) >= 11 is 0. The molecule has 2 fully saturated rings. The third kappa shape index (κ3) is 5.91. The number of hydrogen-bond acceptors (Lipinski definition) is 5. The number of ether oxygens (including phenoxy) is 3. The summed E-state index contributed by atoms with van der Waals surface area (Å²) in [7, 11) is 1.63. The molecule has 0 aromatic rings. The molecule has 2 aliphatic carbocycles. The van der Waals surface area contributed by atoms with Gasteiger partial charge in [-0.1, -0.05) is 13.0 Å². The second-order valence-corrected chi connectivity index (χ2v) is 10.5. The predicted molar refractivity (Wildman–Crippen MR) is 113 cm³/mol. The number of ketones is 1. The summed E-state index contributed by atoms with van der Waals surface area (Å²) in [6.45, 7) is 12.2. The maximum atomic E-state index is 12.6. The number of Topliss-reactive ketones (excluding diaryl/α,β-unsaturated/α-hetero) is 1. The zero-order valence-electron chi connectivity index (χ0n) is 19.4. The fraction of sp³-hybridized carbons (Fsp3) is 0.833. The molecule has 0 N–H and O–H groups in total. The maximum absolute atomic E-state index is 12.6. The van der Waals surface area contributed by atoms with Crippen LogP contribution >= 0.6 is 0 Å². The van der Waals surface area contributed by atoms with Gasteiger partial charge in [-0.05, 0) is 78.7 Å². The number of rotatable bonds is 8. The molecule has 166 valence electrons. The molecular formula is C24H40O5. The van der Waals surface area contributed by atoms with Crippen LogP contribution < -0.4 is 0 Å². The standard InChI is InChI=1S/C24H40O5/c1-22(2,3)21(26)29-20-15-18-19(25)12-10-14-24(18,6)17(20)11-8-9-13-23(4,5)28-16-27-7/h11,18,20H,8-10,12-16H2,1-7H3/b17-11+/t18-,20+,24+/m0/s1. The highest BCUT2D eigenvalue weighted by Crippen LogP contribution is 2.55. The molecule has 2 saturated carbocycles. The van der Waals surface area contributed by atoms with E-state index in [0.29, 0.717) is 25.4 Å². The van der Waals surface area contributed by atoms with Crippen molar-refractivity contribution in [3.63, 3.8) is 0 Å². The Morgan fingerprint density at radius 3 is 2.55 bits per heavy atom. The first kappa shape index (κ1) is 24.1. The molecule has 29 heavy (non-hydrogen) atoms. The van der Waals surface area contributed by atoms with Crippen LogP contribution in [0.1, 0.15) is 86.5 Å². The summed E-state index contributed by atoms with van der Waals surface area (Å²) in [6.07, 6.45) is 7.91. The van der Waals surface area contributed by atoms with Gasteiger partial charge in [-0.2, -0.15) is 0 Å². The summed E-state index contributed by atoms with van der Waals surface area (Å²) in [5.41, 5.74) is 0.186. The van der Waals surface area contributed by atoms with Crippen LogP contribution in [0.25, 0.3) is 0 Å². The molecule has 0 heterocycles. The van der Waals surface area contributed by atoms with Crippen LogP contribution in [0.2, 0.25) is 0 Å². The Labute approximate surface area is 176 Å². The summed E-state index contributed by atoms with van der Waals surface area (Å²) in [6, 6.07) is 0. The average molecular weight is 409 g/mol. The zero-order valence-corrected chi connectivity index (χ0v) is 19.4. The predicted octanol–water partition coefficient (Wildman–Crippen LogP) is 5.22. The molecule has 0 aromatic carbocycles. The van der Waals surface area contributed by atoms with Crippen molar-refractivity contribution in [3.8, 4) is 0 Å². The van der Waals surface area contributed by atoms with Gasteiger partial charge in [0.05, 0.1) is 11.0 Å². The van der Waals surface area contributed by atoms with Crippen molar-refractivity contribution in [2.24, 2.45) is 16.7 Å². The Bertz CT molecular complexity index is 628. The molecule has 3 atom stereocenters. The van der Waals surface area contributed by atoms with Gasteiger partial charge in [0.15, 0.2) is 0 Å². The minimum atomic E-state index is -0.549. The van der Waals surface area contributed by atoms with E-state index in [4.69, 9.17) is 14.2 Å². The highest BCUT2D eigenvalue weighted by Gasteiger charge is 2.53.